The molecule has 0 fully saturated rings. The summed E-state index contributed by atoms with van der Waals surface area (Å²) in [6.45, 7) is 0. The predicted octanol–water partition coefficient (Wildman–Crippen LogP) is 15.5. The standard InChI is InChI=1S/C54H35NO/c1-2-11-36(12-3-1)37-23-29-42(30-24-37)55(43-31-25-39(26-32-43)46-18-10-20-52-54(46)49-17-8-9-19-51(49)56-52)44-33-27-40(28-34-44)50-35-41-22-21-38-13-4-5-14-45(38)53(41)48-16-7-6-15-47(48)50/h1-35H. The number of rotatable bonds is 6. The van der Waals surface area contributed by atoms with Crippen LogP contribution < -0.4 is 4.90 Å². The van der Waals surface area contributed by atoms with Crippen molar-refractivity contribution < 1.29 is 4.42 Å². The molecule has 2 heteroatoms. The maximum atomic E-state index is 6.23. The number of hydrogen-bond donors (Lipinski definition) is 0. The van der Waals surface area contributed by atoms with Gasteiger partial charge in [0.1, 0.15) is 11.2 Å². The Bertz CT molecular complexity index is 3210. The molecule has 11 aromatic rings. The summed E-state index contributed by atoms with van der Waals surface area (Å²) in [5.74, 6) is 0. The van der Waals surface area contributed by atoms with E-state index in [0.717, 1.165) is 50.1 Å². The number of fused-ring (bicyclic) bond motifs is 8. The molecule has 0 saturated heterocycles. The van der Waals surface area contributed by atoms with Crippen LogP contribution in [0.2, 0.25) is 0 Å². The summed E-state index contributed by atoms with van der Waals surface area (Å²) in [7, 11) is 0. The molecule has 0 unspecified atom stereocenters. The lowest BCUT2D eigenvalue weighted by molar-refractivity contribution is 0.669. The van der Waals surface area contributed by atoms with Gasteiger partial charge in [-0.3, -0.25) is 0 Å². The molecule has 0 aliphatic rings. The summed E-state index contributed by atoms with van der Waals surface area (Å²) in [4.78, 5) is 2.35. The molecule has 2 nitrogen and oxygen atoms in total. The summed E-state index contributed by atoms with van der Waals surface area (Å²) >= 11 is 0. The third-order valence-corrected chi connectivity index (χ3v) is 11.3. The van der Waals surface area contributed by atoms with E-state index in [4.69, 9.17) is 4.42 Å². The van der Waals surface area contributed by atoms with Crippen molar-refractivity contribution in [3.8, 4) is 33.4 Å². The fraction of sp³-hybridized carbons (Fsp3) is 0. The van der Waals surface area contributed by atoms with Crippen molar-refractivity contribution in [1.29, 1.82) is 0 Å². The van der Waals surface area contributed by atoms with Crippen LogP contribution in [0.5, 0.6) is 0 Å². The van der Waals surface area contributed by atoms with E-state index >= 15 is 0 Å². The molecule has 56 heavy (non-hydrogen) atoms. The SMILES string of the molecule is c1ccc(-c2ccc(N(c3ccc(-c4cc5ccc6ccccc6c5c5ccccc45)cc3)c3ccc(-c4cccc5oc6ccccc6c45)cc3)cc2)cc1. The molecule has 0 atom stereocenters. The van der Waals surface area contributed by atoms with Crippen molar-refractivity contribution in [3.05, 3.63) is 212 Å². The van der Waals surface area contributed by atoms with Crippen LogP contribution in [0.1, 0.15) is 0 Å². The Morgan fingerprint density at radius 3 is 1.52 bits per heavy atom. The Morgan fingerprint density at radius 1 is 0.286 bits per heavy atom. The zero-order valence-electron chi connectivity index (χ0n) is 30.6. The predicted molar refractivity (Wildman–Crippen MR) is 237 cm³/mol. The number of para-hydroxylation sites is 1. The minimum Gasteiger partial charge on any atom is -0.456 e. The Balaban J connectivity index is 1.02. The summed E-state index contributed by atoms with van der Waals surface area (Å²) < 4.78 is 6.23. The van der Waals surface area contributed by atoms with Gasteiger partial charge in [0.05, 0.1) is 0 Å². The summed E-state index contributed by atoms with van der Waals surface area (Å²) in [5.41, 5.74) is 12.2. The summed E-state index contributed by atoms with van der Waals surface area (Å²) in [6.07, 6.45) is 0. The van der Waals surface area contributed by atoms with E-state index in [1.165, 1.54) is 54.6 Å². The molecule has 0 spiro atoms. The van der Waals surface area contributed by atoms with Crippen molar-refractivity contribution in [2.24, 2.45) is 0 Å². The van der Waals surface area contributed by atoms with E-state index in [1.54, 1.807) is 0 Å². The van der Waals surface area contributed by atoms with Gasteiger partial charge in [0.25, 0.3) is 0 Å². The van der Waals surface area contributed by atoms with Crippen LogP contribution >= 0.6 is 0 Å². The lowest BCUT2D eigenvalue weighted by Gasteiger charge is -2.26. The Kier molecular flexibility index (Phi) is 7.53. The minimum absolute atomic E-state index is 0.903. The Morgan fingerprint density at radius 2 is 0.804 bits per heavy atom. The first kappa shape index (κ1) is 32.0. The first-order chi connectivity index (χ1) is 27.8. The maximum absolute atomic E-state index is 6.23. The molecule has 0 N–H and O–H groups in total. The average molecular weight is 714 g/mol. The highest BCUT2D eigenvalue weighted by atomic mass is 16.3. The van der Waals surface area contributed by atoms with Crippen molar-refractivity contribution >= 4 is 71.3 Å². The third kappa shape index (κ3) is 5.34. The van der Waals surface area contributed by atoms with Crippen LogP contribution in [0.15, 0.2) is 217 Å². The largest absolute Gasteiger partial charge is 0.456 e. The summed E-state index contributed by atoms with van der Waals surface area (Å²) in [6, 6.07) is 76.4. The molecule has 262 valence electrons. The zero-order valence-corrected chi connectivity index (χ0v) is 30.6. The molecule has 0 amide bonds. The minimum atomic E-state index is 0.903. The van der Waals surface area contributed by atoms with Gasteiger partial charge < -0.3 is 9.32 Å². The monoisotopic (exact) mass is 713 g/mol. The van der Waals surface area contributed by atoms with Gasteiger partial charge in [-0.15, -0.1) is 0 Å². The van der Waals surface area contributed by atoms with E-state index in [-0.39, 0.29) is 0 Å². The molecular formula is C54H35NO. The van der Waals surface area contributed by atoms with Gasteiger partial charge in [0.2, 0.25) is 0 Å². The van der Waals surface area contributed by atoms with Crippen LogP contribution in [0.3, 0.4) is 0 Å². The topological polar surface area (TPSA) is 16.4 Å². The van der Waals surface area contributed by atoms with Crippen LogP contribution in [0, 0.1) is 0 Å². The van der Waals surface area contributed by atoms with Crippen LogP contribution in [-0.4, -0.2) is 0 Å². The smallest absolute Gasteiger partial charge is 0.136 e. The van der Waals surface area contributed by atoms with Gasteiger partial charge in [-0.1, -0.05) is 158 Å². The molecular weight excluding hydrogens is 679 g/mol. The van der Waals surface area contributed by atoms with Gasteiger partial charge in [0, 0.05) is 27.8 Å². The van der Waals surface area contributed by atoms with Crippen LogP contribution in [0.25, 0.3) is 87.6 Å². The van der Waals surface area contributed by atoms with E-state index in [9.17, 15) is 0 Å². The summed E-state index contributed by atoms with van der Waals surface area (Å²) in [5, 5.41) is 9.93. The van der Waals surface area contributed by atoms with Crippen molar-refractivity contribution in [2.45, 2.75) is 0 Å². The third-order valence-electron chi connectivity index (χ3n) is 11.3. The number of benzene rings is 10. The highest BCUT2D eigenvalue weighted by Gasteiger charge is 2.17. The fourth-order valence-electron chi connectivity index (χ4n) is 8.59. The fourth-order valence-corrected chi connectivity index (χ4v) is 8.59. The molecule has 0 aliphatic heterocycles. The molecule has 1 aromatic heterocycles. The highest BCUT2D eigenvalue weighted by molar-refractivity contribution is 6.23. The molecule has 0 aliphatic carbocycles. The van der Waals surface area contributed by atoms with Crippen LogP contribution in [0.4, 0.5) is 17.1 Å². The number of anilines is 3. The van der Waals surface area contributed by atoms with E-state index < -0.39 is 0 Å². The molecule has 10 aromatic carbocycles. The lowest BCUT2D eigenvalue weighted by atomic mass is 9.90. The van der Waals surface area contributed by atoms with Crippen molar-refractivity contribution in [3.63, 3.8) is 0 Å². The zero-order chi connectivity index (χ0) is 37.0. The van der Waals surface area contributed by atoms with Crippen LogP contribution in [-0.2, 0) is 0 Å². The second-order valence-electron chi connectivity index (χ2n) is 14.5. The normalized spacial score (nSPS) is 11.6. The van der Waals surface area contributed by atoms with Gasteiger partial charge >= 0.3 is 0 Å². The molecule has 0 saturated carbocycles. The van der Waals surface area contributed by atoms with Gasteiger partial charge in [0.15, 0.2) is 0 Å². The average Bonchev–Trinajstić information content (AvgIpc) is 3.66. The van der Waals surface area contributed by atoms with Gasteiger partial charge in [-0.2, -0.15) is 0 Å². The van der Waals surface area contributed by atoms with Crippen molar-refractivity contribution in [1.82, 2.24) is 0 Å². The Labute approximate surface area is 325 Å². The molecule has 0 radical (unpaired) electrons. The quantitative estimate of drug-likeness (QED) is 0.160. The molecule has 11 rings (SSSR count). The molecule has 1 heterocycles. The number of hydrogen-bond acceptors (Lipinski definition) is 2. The molecule has 0 bridgehead atoms. The van der Waals surface area contributed by atoms with Gasteiger partial charge in [-0.05, 0) is 120 Å². The first-order valence-corrected chi connectivity index (χ1v) is 19.2. The van der Waals surface area contributed by atoms with E-state index in [2.05, 4.69) is 205 Å². The second kappa shape index (κ2) is 13.2. The maximum Gasteiger partial charge on any atom is 0.136 e. The van der Waals surface area contributed by atoms with Gasteiger partial charge in [-0.25, -0.2) is 0 Å². The lowest BCUT2D eigenvalue weighted by Crippen LogP contribution is -2.09. The van der Waals surface area contributed by atoms with Crippen molar-refractivity contribution in [2.75, 3.05) is 4.90 Å². The number of nitrogens with zero attached hydrogens (tertiary/aromatic N) is 1. The highest BCUT2D eigenvalue weighted by Crippen LogP contribution is 2.42. The second-order valence-corrected chi connectivity index (χ2v) is 14.5. The van der Waals surface area contributed by atoms with E-state index in [0.29, 0.717) is 0 Å². The van der Waals surface area contributed by atoms with E-state index in [1.807, 2.05) is 12.1 Å². The number of furan rings is 1. The Hall–Kier alpha value is -7.42. The first-order valence-electron chi connectivity index (χ1n) is 19.2.